The van der Waals surface area contributed by atoms with Gasteiger partial charge in [0.2, 0.25) is 5.16 Å². The summed E-state index contributed by atoms with van der Waals surface area (Å²) in [4.78, 5) is 24.3. The molecule has 166 valence electrons. The number of carbonyl (C=O) groups is 2. The Labute approximate surface area is 185 Å². The number of hydrogen-bond acceptors (Lipinski definition) is 7. The topological polar surface area (TPSA) is 124 Å². The van der Waals surface area contributed by atoms with Crippen molar-refractivity contribution in [2.24, 2.45) is 0 Å². The van der Waals surface area contributed by atoms with Gasteiger partial charge in [-0.2, -0.15) is 0 Å². The van der Waals surface area contributed by atoms with Gasteiger partial charge < -0.3 is 21.2 Å². The summed E-state index contributed by atoms with van der Waals surface area (Å²) in [5, 5.41) is 14.2. The molecule has 2 heterocycles. The summed E-state index contributed by atoms with van der Waals surface area (Å²) in [5.74, 6) is 6.58. The molecule has 2 aromatic rings. The minimum absolute atomic E-state index is 0.0523. The van der Waals surface area contributed by atoms with Gasteiger partial charge in [0.05, 0.1) is 18.2 Å². The van der Waals surface area contributed by atoms with Gasteiger partial charge in [0.1, 0.15) is 0 Å². The number of amides is 2. The number of hydrogen-bond donors (Lipinski definition) is 3. The predicted molar refractivity (Wildman–Crippen MR) is 120 cm³/mol. The Morgan fingerprint density at radius 2 is 1.94 bits per heavy atom. The smallest absolute Gasteiger partial charge is 0.337 e. The Morgan fingerprint density at radius 1 is 1.26 bits per heavy atom. The van der Waals surface area contributed by atoms with Gasteiger partial charge in [0, 0.05) is 17.0 Å². The molecule has 1 aromatic heterocycles. The monoisotopic (exact) mass is 444 g/mol. The van der Waals surface area contributed by atoms with Gasteiger partial charge in [0.15, 0.2) is 5.82 Å². The molecular weight excluding hydrogens is 416 g/mol. The van der Waals surface area contributed by atoms with E-state index in [0.717, 1.165) is 5.56 Å². The van der Waals surface area contributed by atoms with Crippen LogP contribution in [-0.4, -0.2) is 45.3 Å². The Morgan fingerprint density at radius 3 is 2.55 bits per heavy atom. The van der Waals surface area contributed by atoms with Crippen LogP contribution in [0.2, 0.25) is 0 Å². The van der Waals surface area contributed by atoms with Gasteiger partial charge in [-0.25, -0.2) is 14.3 Å². The number of ether oxygens (including phenoxy) is 1. The maximum absolute atomic E-state index is 12.4. The van der Waals surface area contributed by atoms with Crippen LogP contribution in [0.1, 0.15) is 40.2 Å². The third kappa shape index (κ3) is 5.01. The number of aromatic nitrogens is 3. The van der Waals surface area contributed by atoms with Crippen molar-refractivity contribution in [1.29, 1.82) is 0 Å². The number of thioether (sulfide) groups is 1. The number of nitrogens with one attached hydrogen (secondary N) is 2. The van der Waals surface area contributed by atoms with E-state index in [0.29, 0.717) is 22.3 Å². The molecule has 0 unspecified atom stereocenters. The molecule has 0 bridgehead atoms. The van der Waals surface area contributed by atoms with Gasteiger partial charge >= 0.3 is 12.0 Å². The standard InChI is InChI=1S/C21H28N6O3S/c1-6-30-18(28)16-12(2)23-19(29)24-15(16)11-31-20-26-25-17(27(20)22)13-7-9-14(10-8-13)21(3,4)5/h7-10,12H,6,11,22H2,1-5H3,(H2,23,24,29)/t12-/m0/s1. The second-order valence-corrected chi connectivity index (χ2v) is 9.17. The van der Waals surface area contributed by atoms with E-state index >= 15 is 0 Å². The van der Waals surface area contributed by atoms with Crippen LogP contribution in [0.15, 0.2) is 40.7 Å². The average molecular weight is 445 g/mol. The second-order valence-electron chi connectivity index (χ2n) is 8.23. The summed E-state index contributed by atoms with van der Waals surface area (Å²) in [7, 11) is 0. The summed E-state index contributed by atoms with van der Waals surface area (Å²) in [5.41, 5.74) is 2.97. The van der Waals surface area contributed by atoms with Crippen molar-refractivity contribution in [2.45, 2.75) is 51.2 Å². The van der Waals surface area contributed by atoms with Gasteiger partial charge in [-0.15, -0.1) is 10.2 Å². The van der Waals surface area contributed by atoms with Crippen LogP contribution >= 0.6 is 11.8 Å². The van der Waals surface area contributed by atoms with E-state index in [1.54, 1.807) is 13.8 Å². The molecule has 10 heteroatoms. The quantitative estimate of drug-likeness (QED) is 0.355. The Balaban J connectivity index is 1.81. The van der Waals surface area contributed by atoms with Crippen LogP contribution in [0.25, 0.3) is 11.4 Å². The number of benzene rings is 1. The minimum atomic E-state index is -0.466. The lowest BCUT2D eigenvalue weighted by Gasteiger charge is -2.26. The molecule has 0 aliphatic carbocycles. The van der Waals surface area contributed by atoms with Crippen molar-refractivity contribution < 1.29 is 14.3 Å². The Kier molecular flexibility index (Phi) is 6.59. The van der Waals surface area contributed by atoms with Crippen LogP contribution in [0, 0.1) is 0 Å². The van der Waals surface area contributed by atoms with Gasteiger partial charge in [-0.05, 0) is 24.8 Å². The molecule has 0 spiro atoms. The van der Waals surface area contributed by atoms with E-state index < -0.39 is 12.0 Å². The molecule has 1 aliphatic heterocycles. The summed E-state index contributed by atoms with van der Waals surface area (Å²) >= 11 is 1.28. The second kappa shape index (κ2) is 9.01. The highest BCUT2D eigenvalue weighted by atomic mass is 32.2. The van der Waals surface area contributed by atoms with E-state index in [1.165, 1.54) is 22.0 Å². The summed E-state index contributed by atoms with van der Waals surface area (Å²) in [6.45, 7) is 10.2. The fourth-order valence-corrected chi connectivity index (χ4v) is 4.05. The third-order valence-electron chi connectivity index (χ3n) is 4.88. The van der Waals surface area contributed by atoms with E-state index in [-0.39, 0.29) is 23.8 Å². The number of carbonyl (C=O) groups excluding carboxylic acids is 2. The largest absolute Gasteiger partial charge is 0.463 e. The maximum Gasteiger partial charge on any atom is 0.337 e. The molecule has 0 saturated heterocycles. The molecule has 1 atom stereocenters. The maximum atomic E-state index is 12.4. The summed E-state index contributed by atoms with van der Waals surface area (Å²) < 4.78 is 6.54. The number of urea groups is 1. The molecule has 1 aliphatic rings. The summed E-state index contributed by atoms with van der Waals surface area (Å²) in [6.07, 6.45) is 0. The lowest BCUT2D eigenvalue weighted by molar-refractivity contribution is -0.138. The van der Waals surface area contributed by atoms with Crippen molar-refractivity contribution in [3.8, 4) is 11.4 Å². The van der Waals surface area contributed by atoms with E-state index in [4.69, 9.17) is 10.6 Å². The van der Waals surface area contributed by atoms with Crippen molar-refractivity contribution in [3.63, 3.8) is 0 Å². The van der Waals surface area contributed by atoms with Crippen molar-refractivity contribution >= 4 is 23.8 Å². The number of nitrogens with two attached hydrogens (primary N) is 1. The van der Waals surface area contributed by atoms with E-state index in [1.807, 2.05) is 12.1 Å². The molecule has 9 nitrogen and oxygen atoms in total. The lowest BCUT2D eigenvalue weighted by atomic mass is 9.87. The van der Waals surface area contributed by atoms with Crippen molar-refractivity contribution in [3.05, 3.63) is 41.1 Å². The molecule has 0 saturated carbocycles. The number of esters is 1. The molecule has 4 N–H and O–H groups in total. The first kappa shape index (κ1) is 22.7. The first-order valence-electron chi connectivity index (χ1n) is 10.0. The highest BCUT2D eigenvalue weighted by molar-refractivity contribution is 7.99. The molecule has 2 amide bonds. The minimum Gasteiger partial charge on any atom is -0.463 e. The van der Waals surface area contributed by atoms with Crippen LogP contribution < -0.4 is 16.5 Å². The fraction of sp³-hybridized carbons (Fsp3) is 0.429. The van der Waals surface area contributed by atoms with E-state index in [2.05, 4.69) is 53.7 Å². The van der Waals surface area contributed by atoms with Crippen LogP contribution in [0.3, 0.4) is 0 Å². The summed E-state index contributed by atoms with van der Waals surface area (Å²) in [6, 6.07) is 7.22. The van der Waals surface area contributed by atoms with Crippen LogP contribution in [0.5, 0.6) is 0 Å². The fourth-order valence-electron chi connectivity index (χ4n) is 3.22. The SMILES string of the molecule is CCOC(=O)C1=C(CSc2nnc(-c3ccc(C(C)(C)C)cc3)n2N)NC(=O)N[C@H]1C. The zero-order chi connectivity index (χ0) is 22.8. The van der Waals surface area contributed by atoms with Crippen molar-refractivity contribution in [2.75, 3.05) is 18.2 Å². The van der Waals surface area contributed by atoms with Gasteiger partial charge in [0.25, 0.3) is 0 Å². The van der Waals surface area contributed by atoms with E-state index in [9.17, 15) is 9.59 Å². The predicted octanol–water partition coefficient (Wildman–Crippen LogP) is 2.57. The zero-order valence-corrected chi connectivity index (χ0v) is 19.2. The average Bonchev–Trinajstić information content (AvgIpc) is 3.06. The number of nitrogens with zero attached hydrogens (tertiary/aromatic N) is 3. The molecule has 3 rings (SSSR count). The molecular formula is C21H28N6O3S. The molecule has 1 aromatic carbocycles. The highest BCUT2D eigenvalue weighted by Crippen LogP contribution is 2.27. The lowest BCUT2D eigenvalue weighted by Crippen LogP contribution is -2.49. The molecule has 31 heavy (non-hydrogen) atoms. The third-order valence-corrected chi connectivity index (χ3v) is 5.85. The van der Waals surface area contributed by atoms with Gasteiger partial charge in [-0.3, -0.25) is 0 Å². The zero-order valence-electron chi connectivity index (χ0n) is 18.4. The van der Waals surface area contributed by atoms with Crippen LogP contribution in [0.4, 0.5) is 4.79 Å². The first-order valence-corrected chi connectivity index (χ1v) is 11.0. The van der Waals surface area contributed by atoms with Crippen LogP contribution in [-0.2, 0) is 14.9 Å². The Bertz CT molecular complexity index is 1010. The number of rotatable bonds is 6. The first-order chi connectivity index (χ1) is 14.6. The van der Waals surface area contributed by atoms with Gasteiger partial charge in [-0.1, -0.05) is 56.8 Å². The normalized spacial score (nSPS) is 16.7. The molecule has 0 fully saturated rings. The molecule has 0 radical (unpaired) electrons. The van der Waals surface area contributed by atoms with Crippen molar-refractivity contribution in [1.82, 2.24) is 25.5 Å². The number of nitrogen functional groups attached to an aromatic ring is 1. The highest BCUT2D eigenvalue weighted by Gasteiger charge is 2.30. The Hall–Kier alpha value is -3.01.